The molecule has 0 aliphatic carbocycles. The number of nitrogens with zero attached hydrogens (tertiary/aromatic N) is 2. The summed E-state index contributed by atoms with van der Waals surface area (Å²) in [5.74, 6) is 2.56. The van der Waals surface area contributed by atoms with Crippen LogP contribution in [0.4, 0.5) is 0 Å². The molecule has 0 radical (unpaired) electrons. The SMILES string of the molecule is CNCCc1nc2cc3c(cc2n1Cc1ccccc1Cl)OCCO3. The average Bonchev–Trinajstić information content (AvgIpc) is 2.96. The van der Waals surface area contributed by atoms with Crippen LogP contribution in [-0.4, -0.2) is 36.4 Å². The Bertz CT molecular complexity index is 907. The summed E-state index contributed by atoms with van der Waals surface area (Å²) in [6, 6.07) is 11.9. The fourth-order valence-electron chi connectivity index (χ4n) is 3.11. The molecule has 0 bridgehead atoms. The number of hydrogen-bond acceptors (Lipinski definition) is 4. The largest absolute Gasteiger partial charge is 0.486 e. The fourth-order valence-corrected chi connectivity index (χ4v) is 3.31. The Morgan fingerprint density at radius 1 is 1.16 bits per heavy atom. The summed E-state index contributed by atoms with van der Waals surface area (Å²) in [5.41, 5.74) is 3.03. The van der Waals surface area contributed by atoms with E-state index < -0.39 is 0 Å². The minimum atomic E-state index is 0.573. The Kier molecular flexibility index (Phi) is 4.51. The van der Waals surface area contributed by atoms with Crippen LogP contribution in [0.1, 0.15) is 11.4 Å². The van der Waals surface area contributed by atoms with Crippen LogP contribution in [0.25, 0.3) is 11.0 Å². The standard InChI is InChI=1S/C19H20ClN3O2/c1-21-7-6-19-22-15-10-17-18(25-9-8-24-17)11-16(15)23(19)12-13-4-2-3-5-14(13)20/h2-5,10-11,21H,6-9,12H2,1H3. The molecule has 2 aromatic carbocycles. The Labute approximate surface area is 151 Å². The average molecular weight is 358 g/mol. The van der Waals surface area contributed by atoms with Gasteiger partial charge in [-0.05, 0) is 18.7 Å². The predicted molar refractivity (Wildman–Crippen MR) is 98.9 cm³/mol. The van der Waals surface area contributed by atoms with Gasteiger partial charge in [-0.15, -0.1) is 0 Å². The zero-order valence-electron chi connectivity index (χ0n) is 14.1. The van der Waals surface area contributed by atoms with E-state index in [0.717, 1.165) is 51.9 Å². The highest BCUT2D eigenvalue weighted by Gasteiger charge is 2.18. The van der Waals surface area contributed by atoms with Crippen LogP contribution < -0.4 is 14.8 Å². The van der Waals surface area contributed by atoms with Gasteiger partial charge in [-0.1, -0.05) is 29.8 Å². The number of ether oxygens (including phenoxy) is 2. The van der Waals surface area contributed by atoms with Gasteiger partial charge in [0.25, 0.3) is 0 Å². The molecule has 2 heterocycles. The van der Waals surface area contributed by atoms with Gasteiger partial charge in [0.1, 0.15) is 19.0 Å². The maximum absolute atomic E-state index is 6.37. The number of fused-ring (bicyclic) bond motifs is 2. The molecule has 0 saturated carbocycles. The summed E-state index contributed by atoms with van der Waals surface area (Å²) in [5, 5.41) is 3.95. The summed E-state index contributed by atoms with van der Waals surface area (Å²) in [4.78, 5) is 4.83. The molecule has 5 nitrogen and oxygen atoms in total. The number of benzene rings is 2. The lowest BCUT2D eigenvalue weighted by Crippen LogP contribution is -2.15. The second-order valence-corrected chi connectivity index (χ2v) is 6.45. The molecule has 6 heteroatoms. The van der Waals surface area contributed by atoms with Crippen molar-refractivity contribution in [3.63, 3.8) is 0 Å². The van der Waals surface area contributed by atoms with Gasteiger partial charge in [0.05, 0.1) is 17.6 Å². The van der Waals surface area contributed by atoms with Crippen LogP contribution in [0.3, 0.4) is 0 Å². The maximum Gasteiger partial charge on any atom is 0.163 e. The van der Waals surface area contributed by atoms with Crippen molar-refractivity contribution in [2.24, 2.45) is 0 Å². The summed E-state index contributed by atoms with van der Waals surface area (Å²) >= 11 is 6.37. The molecule has 4 rings (SSSR count). The number of imidazole rings is 1. The summed E-state index contributed by atoms with van der Waals surface area (Å²) in [6.45, 7) is 2.68. The Balaban J connectivity index is 1.82. The van der Waals surface area contributed by atoms with Crippen LogP contribution in [0.2, 0.25) is 5.02 Å². The molecule has 25 heavy (non-hydrogen) atoms. The third kappa shape index (κ3) is 3.17. The molecule has 0 spiro atoms. The normalized spacial score (nSPS) is 13.4. The van der Waals surface area contributed by atoms with E-state index in [2.05, 4.69) is 9.88 Å². The third-order valence-corrected chi connectivity index (χ3v) is 4.74. The van der Waals surface area contributed by atoms with E-state index in [9.17, 15) is 0 Å². The first kappa shape index (κ1) is 16.2. The number of likely N-dealkylation sites (N-methyl/N-ethyl adjacent to an activating group) is 1. The second-order valence-electron chi connectivity index (χ2n) is 6.04. The van der Waals surface area contributed by atoms with Crippen molar-refractivity contribution in [2.45, 2.75) is 13.0 Å². The van der Waals surface area contributed by atoms with E-state index in [1.807, 2.05) is 43.4 Å². The molecule has 1 N–H and O–H groups in total. The maximum atomic E-state index is 6.37. The third-order valence-electron chi connectivity index (χ3n) is 4.38. The van der Waals surface area contributed by atoms with Crippen molar-refractivity contribution in [2.75, 3.05) is 26.8 Å². The van der Waals surface area contributed by atoms with Crippen LogP contribution in [-0.2, 0) is 13.0 Å². The van der Waals surface area contributed by atoms with Gasteiger partial charge in [-0.3, -0.25) is 0 Å². The molecule has 1 aromatic heterocycles. The van der Waals surface area contributed by atoms with Gasteiger partial charge in [-0.2, -0.15) is 0 Å². The Morgan fingerprint density at radius 2 is 1.92 bits per heavy atom. The van der Waals surface area contributed by atoms with Gasteiger partial charge in [-0.25, -0.2) is 4.98 Å². The predicted octanol–water partition coefficient (Wildman–Crippen LogP) is 3.27. The smallest absolute Gasteiger partial charge is 0.163 e. The molecule has 1 aliphatic heterocycles. The second kappa shape index (κ2) is 6.94. The zero-order chi connectivity index (χ0) is 17.2. The van der Waals surface area contributed by atoms with E-state index in [1.54, 1.807) is 0 Å². The number of hydrogen-bond donors (Lipinski definition) is 1. The molecule has 3 aromatic rings. The van der Waals surface area contributed by atoms with Gasteiger partial charge in [0.15, 0.2) is 11.5 Å². The number of rotatable bonds is 5. The molecule has 0 atom stereocenters. The zero-order valence-corrected chi connectivity index (χ0v) is 14.8. The first-order valence-corrected chi connectivity index (χ1v) is 8.81. The van der Waals surface area contributed by atoms with Crippen molar-refractivity contribution in [3.8, 4) is 11.5 Å². The highest BCUT2D eigenvalue weighted by atomic mass is 35.5. The highest BCUT2D eigenvalue weighted by molar-refractivity contribution is 6.31. The summed E-state index contributed by atoms with van der Waals surface area (Å²) in [7, 11) is 1.95. The van der Waals surface area contributed by atoms with Crippen molar-refractivity contribution in [3.05, 3.63) is 52.8 Å². The first-order chi connectivity index (χ1) is 12.3. The minimum Gasteiger partial charge on any atom is -0.486 e. The number of aromatic nitrogens is 2. The Hall–Kier alpha value is -2.24. The topological polar surface area (TPSA) is 48.3 Å². The van der Waals surface area contributed by atoms with E-state index in [0.29, 0.717) is 19.8 Å². The van der Waals surface area contributed by atoms with E-state index in [1.165, 1.54) is 0 Å². The van der Waals surface area contributed by atoms with E-state index >= 15 is 0 Å². The molecule has 0 fully saturated rings. The van der Waals surface area contributed by atoms with Crippen molar-refractivity contribution in [1.29, 1.82) is 0 Å². The van der Waals surface area contributed by atoms with E-state index in [4.69, 9.17) is 26.1 Å². The van der Waals surface area contributed by atoms with Crippen LogP contribution >= 0.6 is 11.6 Å². The van der Waals surface area contributed by atoms with Crippen LogP contribution in [0, 0.1) is 0 Å². The van der Waals surface area contributed by atoms with Crippen LogP contribution in [0.5, 0.6) is 11.5 Å². The highest BCUT2D eigenvalue weighted by Crippen LogP contribution is 2.35. The lowest BCUT2D eigenvalue weighted by molar-refractivity contribution is 0.172. The summed E-state index contributed by atoms with van der Waals surface area (Å²) in [6.07, 6.45) is 0.835. The van der Waals surface area contributed by atoms with Crippen LogP contribution in [0.15, 0.2) is 36.4 Å². The first-order valence-electron chi connectivity index (χ1n) is 8.43. The monoisotopic (exact) mass is 357 g/mol. The number of halogens is 1. The number of nitrogens with one attached hydrogen (secondary N) is 1. The molecule has 1 aliphatic rings. The van der Waals surface area contributed by atoms with Gasteiger partial charge in [0.2, 0.25) is 0 Å². The van der Waals surface area contributed by atoms with Gasteiger partial charge < -0.3 is 19.4 Å². The molecule has 0 saturated heterocycles. The van der Waals surface area contributed by atoms with Gasteiger partial charge in [0, 0.05) is 30.1 Å². The molecular weight excluding hydrogens is 338 g/mol. The summed E-state index contributed by atoms with van der Waals surface area (Å²) < 4.78 is 13.7. The lowest BCUT2D eigenvalue weighted by atomic mass is 10.2. The van der Waals surface area contributed by atoms with Gasteiger partial charge >= 0.3 is 0 Å². The van der Waals surface area contributed by atoms with Crippen molar-refractivity contribution in [1.82, 2.24) is 14.9 Å². The molecular formula is C19H20ClN3O2. The molecule has 0 amide bonds. The molecule has 130 valence electrons. The van der Waals surface area contributed by atoms with Crippen molar-refractivity contribution >= 4 is 22.6 Å². The molecule has 0 unspecified atom stereocenters. The van der Waals surface area contributed by atoms with E-state index in [-0.39, 0.29) is 0 Å². The lowest BCUT2D eigenvalue weighted by Gasteiger charge is -2.18. The quantitative estimate of drug-likeness (QED) is 0.761. The fraction of sp³-hybridized carbons (Fsp3) is 0.316. The Morgan fingerprint density at radius 3 is 2.68 bits per heavy atom. The van der Waals surface area contributed by atoms with Crippen molar-refractivity contribution < 1.29 is 9.47 Å². The minimum absolute atomic E-state index is 0.573.